The molecule has 1 atom stereocenters. The van der Waals surface area contributed by atoms with E-state index in [-0.39, 0.29) is 31.6 Å². The highest BCUT2D eigenvalue weighted by Crippen LogP contribution is 2.13. The van der Waals surface area contributed by atoms with Crippen molar-refractivity contribution in [3.05, 3.63) is 158 Å². The topological polar surface area (TPSA) is 78.9 Å². The fraction of sp³-hybridized carbons (Fsp3) is 0.574. The fourth-order valence-corrected chi connectivity index (χ4v) is 7.47. The Bertz CT molecular complexity index is 1690. The summed E-state index contributed by atoms with van der Waals surface area (Å²) >= 11 is 0. The molecule has 1 unspecified atom stereocenters. The first-order valence-corrected chi connectivity index (χ1v) is 29.5. The van der Waals surface area contributed by atoms with Gasteiger partial charge in [-0.3, -0.25) is 14.4 Å². The van der Waals surface area contributed by atoms with Crippen LogP contribution in [0.15, 0.2) is 158 Å². The third kappa shape index (κ3) is 57.9. The van der Waals surface area contributed by atoms with Gasteiger partial charge in [-0.05, 0) is 109 Å². The van der Waals surface area contributed by atoms with Crippen LogP contribution in [0.1, 0.15) is 233 Å². The van der Waals surface area contributed by atoms with Crippen molar-refractivity contribution in [1.29, 1.82) is 0 Å². The molecule has 0 fully saturated rings. The summed E-state index contributed by atoms with van der Waals surface area (Å²) < 4.78 is 16.7. The van der Waals surface area contributed by atoms with Gasteiger partial charge in [0.2, 0.25) is 0 Å². The number of rotatable bonds is 51. The Kier molecular flexibility index (Phi) is 56.5. The van der Waals surface area contributed by atoms with E-state index in [1.165, 1.54) is 57.8 Å². The molecule has 0 aliphatic carbocycles. The summed E-state index contributed by atoms with van der Waals surface area (Å²) in [5.74, 6) is -1.08. The van der Waals surface area contributed by atoms with E-state index in [1.54, 1.807) is 6.08 Å². The van der Waals surface area contributed by atoms with Crippen LogP contribution < -0.4 is 0 Å². The smallest absolute Gasteiger partial charge is 0.310 e. The van der Waals surface area contributed by atoms with Gasteiger partial charge >= 0.3 is 17.9 Å². The highest BCUT2D eigenvalue weighted by atomic mass is 16.6. The van der Waals surface area contributed by atoms with E-state index >= 15 is 0 Å². The number of unbranched alkanes of at least 4 members (excludes halogenated alkanes) is 15. The second-order valence-electron chi connectivity index (χ2n) is 18.8. The molecule has 0 aliphatic heterocycles. The van der Waals surface area contributed by atoms with Gasteiger partial charge < -0.3 is 14.2 Å². The molecule has 0 N–H and O–H groups in total. The zero-order chi connectivity index (χ0) is 53.6. The minimum absolute atomic E-state index is 0.0878. The summed E-state index contributed by atoms with van der Waals surface area (Å²) in [5, 5.41) is 0. The van der Waals surface area contributed by atoms with E-state index in [4.69, 9.17) is 14.2 Å². The normalized spacial score (nSPS) is 13.3. The average molecular weight is 1020 g/mol. The van der Waals surface area contributed by atoms with Crippen LogP contribution in [0.5, 0.6) is 0 Å². The van der Waals surface area contributed by atoms with Crippen LogP contribution in [-0.2, 0) is 28.6 Å². The Balaban J connectivity index is 4.36. The van der Waals surface area contributed by atoms with E-state index in [1.807, 2.05) is 6.08 Å². The molecule has 0 rings (SSSR count). The summed E-state index contributed by atoms with van der Waals surface area (Å²) in [7, 11) is 0. The van der Waals surface area contributed by atoms with Crippen molar-refractivity contribution in [1.82, 2.24) is 0 Å². The molecule has 0 aromatic rings. The third-order valence-corrected chi connectivity index (χ3v) is 11.8. The van der Waals surface area contributed by atoms with Crippen molar-refractivity contribution >= 4 is 17.9 Å². The number of hydrogen-bond donors (Lipinski definition) is 0. The Hall–Kier alpha value is -4.97. The maximum atomic E-state index is 12.8. The predicted octanol–water partition coefficient (Wildman–Crippen LogP) is 20.1. The average Bonchev–Trinajstić information content (AvgIpc) is 3.40. The molecule has 0 saturated carbocycles. The zero-order valence-corrected chi connectivity index (χ0v) is 47.3. The SMILES string of the molecule is CC/C=C\C/C=C\C/C=C\C/C=C\C/C=C\C/C=C\C/C=C\C/C=C\CCCCCCCCC(=O)OCC(COC(=O)CCCCCCCCCCCC)OC(=O)C/C=C\C/C=C\C/C=C\C/C=C\C/C=C\CC. The van der Waals surface area contributed by atoms with Crippen LogP contribution in [0.25, 0.3) is 0 Å². The van der Waals surface area contributed by atoms with Gasteiger partial charge in [0.1, 0.15) is 13.2 Å². The first-order valence-electron chi connectivity index (χ1n) is 29.5. The molecule has 6 heteroatoms. The van der Waals surface area contributed by atoms with Crippen molar-refractivity contribution in [2.24, 2.45) is 0 Å². The van der Waals surface area contributed by atoms with Crippen molar-refractivity contribution in [3.63, 3.8) is 0 Å². The summed E-state index contributed by atoms with van der Waals surface area (Å²) in [5.41, 5.74) is 0. The molecule has 414 valence electrons. The summed E-state index contributed by atoms with van der Waals surface area (Å²) in [6, 6.07) is 0. The summed E-state index contributed by atoms with van der Waals surface area (Å²) in [6.07, 6.45) is 88.4. The molecule has 0 saturated heterocycles. The van der Waals surface area contributed by atoms with Crippen molar-refractivity contribution in [2.75, 3.05) is 13.2 Å². The Labute approximate surface area is 454 Å². The van der Waals surface area contributed by atoms with Crippen molar-refractivity contribution in [3.8, 4) is 0 Å². The van der Waals surface area contributed by atoms with Gasteiger partial charge in [0, 0.05) is 12.8 Å². The molecule has 0 aromatic carbocycles. The first kappa shape index (κ1) is 69.0. The number of allylic oxidation sites excluding steroid dienone is 25. The largest absolute Gasteiger partial charge is 0.462 e. The van der Waals surface area contributed by atoms with Crippen LogP contribution in [0.3, 0.4) is 0 Å². The van der Waals surface area contributed by atoms with Crippen LogP contribution >= 0.6 is 0 Å². The number of hydrogen-bond acceptors (Lipinski definition) is 6. The van der Waals surface area contributed by atoms with E-state index in [2.05, 4.69) is 167 Å². The molecular weight excluding hydrogens is 913 g/mol. The zero-order valence-electron chi connectivity index (χ0n) is 47.3. The van der Waals surface area contributed by atoms with Crippen LogP contribution in [-0.4, -0.2) is 37.2 Å². The van der Waals surface area contributed by atoms with Gasteiger partial charge in [-0.25, -0.2) is 0 Å². The van der Waals surface area contributed by atoms with Crippen LogP contribution in [0, 0.1) is 0 Å². The quantitative estimate of drug-likeness (QED) is 0.0261. The highest BCUT2D eigenvalue weighted by Gasteiger charge is 2.19. The lowest BCUT2D eigenvalue weighted by Gasteiger charge is -2.18. The van der Waals surface area contributed by atoms with Crippen LogP contribution in [0.4, 0.5) is 0 Å². The number of carbonyl (C=O) groups excluding carboxylic acids is 3. The second-order valence-corrected chi connectivity index (χ2v) is 18.8. The monoisotopic (exact) mass is 1020 g/mol. The number of esters is 3. The minimum atomic E-state index is -0.843. The molecule has 0 radical (unpaired) electrons. The number of carbonyl (C=O) groups is 3. The van der Waals surface area contributed by atoms with E-state index in [0.29, 0.717) is 19.3 Å². The predicted molar refractivity (Wildman–Crippen MR) is 320 cm³/mol. The lowest BCUT2D eigenvalue weighted by Crippen LogP contribution is -2.30. The second kappa shape index (κ2) is 60.6. The Morgan fingerprint density at radius 3 is 0.892 bits per heavy atom. The van der Waals surface area contributed by atoms with Gasteiger partial charge in [-0.1, -0.05) is 262 Å². The summed E-state index contributed by atoms with van der Waals surface area (Å²) in [6.45, 7) is 6.28. The van der Waals surface area contributed by atoms with E-state index < -0.39 is 12.1 Å². The van der Waals surface area contributed by atoms with Gasteiger partial charge in [-0.2, -0.15) is 0 Å². The summed E-state index contributed by atoms with van der Waals surface area (Å²) in [4.78, 5) is 38.0. The molecule has 0 amide bonds. The molecule has 74 heavy (non-hydrogen) atoms. The van der Waals surface area contributed by atoms with Crippen molar-refractivity contribution < 1.29 is 28.6 Å². The molecular formula is C68H106O6. The Morgan fingerprint density at radius 1 is 0.297 bits per heavy atom. The lowest BCUT2D eigenvalue weighted by atomic mass is 10.1. The molecule has 6 nitrogen and oxygen atoms in total. The molecule has 0 spiro atoms. The Morgan fingerprint density at radius 2 is 0.568 bits per heavy atom. The van der Waals surface area contributed by atoms with Gasteiger partial charge in [0.15, 0.2) is 6.10 Å². The van der Waals surface area contributed by atoms with E-state index in [9.17, 15) is 14.4 Å². The molecule has 0 bridgehead atoms. The molecule has 0 heterocycles. The van der Waals surface area contributed by atoms with Gasteiger partial charge in [0.25, 0.3) is 0 Å². The standard InChI is InChI=1S/C68H106O6/c1-4-7-10-13-16-19-22-24-26-27-28-29-30-31-32-33-34-35-36-37-38-39-40-41-43-44-46-49-52-55-58-61-67(70)73-64-65(63-72-66(69)60-57-54-51-48-21-18-15-12-9-6-3)74-68(71)62-59-56-53-50-47-45-42-25-23-20-17-14-11-8-5-2/h7-8,10-11,16-17,19-20,24-26,28-29,31-32,34-35,37-38,40-42,47,50,56,59,65H,4-6,9,12-15,18,21-23,27,30,33,36,39,43-46,48-49,51-55,57-58,60-64H2,1-3H3/b10-7-,11-8-,19-16-,20-17-,26-24-,29-28-,32-31-,35-34-,38-37-,41-40-,42-25-,50-47-,59-56-. The lowest BCUT2D eigenvalue weighted by molar-refractivity contribution is -0.166. The van der Waals surface area contributed by atoms with Gasteiger partial charge in [0.05, 0.1) is 6.42 Å². The maximum Gasteiger partial charge on any atom is 0.310 e. The maximum absolute atomic E-state index is 12.8. The highest BCUT2D eigenvalue weighted by molar-refractivity contribution is 5.72. The first-order chi connectivity index (χ1) is 36.5. The van der Waals surface area contributed by atoms with Gasteiger partial charge in [-0.15, -0.1) is 0 Å². The number of ether oxygens (including phenoxy) is 3. The molecule has 0 aliphatic rings. The van der Waals surface area contributed by atoms with Crippen molar-refractivity contribution in [2.45, 2.75) is 239 Å². The van der Waals surface area contributed by atoms with E-state index in [0.717, 1.165) is 128 Å². The molecule has 0 aromatic heterocycles. The minimum Gasteiger partial charge on any atom is -0.462 e. The fourth-order valence-electron chi connectivity index (χ4n) is 7.47. The third-order valence-electron chi connectivity index (χ3n) is 11.8. The van der Waals surface area contributed by atoms with Crippen LogP contribution in [0.2, 0.25) is 0 Å².